The molecule has 1 heterocycles. The number of hydrogen-bond acceptors (Lipinski definition) is 4. The van der Waals surface area contributed by atoms with Crippen LogP contribution < -0.4 is 10.2 Å². The molecule has 0 aliphatic rings. The van der Waals surface area contributed by atoms with Gasteiger partial charge in [0, 0.05) is 6.20 Å². The summed E-state index contributed by atoms with van der Waals surface area (Å²) in [4.78, 5) is 15.9. The van der Waals surface area contributed by atoms with Crippen molar-refractivity contribution in [2.45, 2.75) is 6.61 Å². The predicted octanol–water partition coefficient (Wildman–Crippen LogP) is 6.15. The fourth-order valence-corrected chi connectivity index (χ4v) is 3.32. The molecule has 9 heteroatoms. The van der Waals surface area contributed by atoms with E-state index in [0.717, 1.165) is 15.6 Å². The SMILES string of the molecule is O=C(NN=Cc1ccc(OCc2ccc(Cl)c(Cl)c2)c(Br)c1)c1cccnc1Cl. The van der Waals surface area contributed by atoms with Gasteiger partial charge < -0.3 is 4.74 Å². The Morgan fingerprint density at radius 3 is 2.69 bits per heavy atom. The van der Waals surface area contributed by atoms with Gasteiger partial charge >= 0.3 is 0 Å². The summed E-state index contributed by atoms with van der Waals surface area (Å²) in [6, 6.07) is 13.9. The number of carbonyl (C=O) groups excluding carboxylic acids is 1. The van der Waals surface area contributed by atoms with E-state index < -0.39 is 5.91 Å². The Morgan fingerprint density at radius 2 is 1.97 bits per heavy atom. The van der Waals surface area contributed by atoms with Gasteiger partial charge in [0.1, 0.15) is 17.5 Å². The maximum Gasteiger partial charge on any atom is 0.274 e. The molecule has 1 aromatic heterocycles. The van der Waals surface area contributed by atoms with Crippen LogP contribution in [0.5, 0.6) is 5.75 Å². The summed E-state index contributed by atoms with van der Waals surface area (Å²) in [7, 11) is 0. The van der Waals surface area contributed by atoms with Crippen LogP contribution in [0.15, 0.2) is 64.3 Å². The molecule has 0 atom stereocenters. The van der Waals surface area contributed by atoms with E-state index in [1.54, 1.807) is 30.3 Å². The molecule has 3 aromatic rings. The molecule has 0 saturated carbocycles. The van der Waals surface area contributed by atoms with Crippen LogP contribution in [0.4, 0.5) is 0 Å². The van der Waals surface area contributed by atoms with Gasteiger partial charge in [-0.05, 0) is 69.5 Å². The van der Waals surface area contributed by atoms with Gasteiger partial charge in [-0.3, -0.25) is 4.79 Å². The van der Waals surface area contributed by atoms with E-state index in [1.165, 1.54) is 12.4 Å². The van der Waals surface area contributed by atoms with Crippen molar-refractivity contribution in [3.05, 3.63) is 91.1 Å². The van der Waals surface area contributed by atoms with E-state index in [2.05, 4.69) is 31.4 Å². The van der Waals surface area contributed by atoms with Crippen LogP contribution in [0.2, 0.25) is 15.2 Å². The number of hydrazone groups is 1. The Morgan fingerprint density at radius 1 is 1.14 bits per heavy atom. The van der Waals surface area contributed by atoms with E-state index in [1.807, 2.05) is 18.2 Å². The zero-order chi connectivity index (χ0) is 20.8. The third kappa shape index (κ3) is 5.93. The van der Waals surface area contributed by atoms with Crippen LogP contribution in [0, 0.1) is 0 Å². The van der Waals surface area contributed by atoms with Crippen LogP contribution in [-0.4, -0.2) is 17.1 Å². The minimum atomic E-state index is -0.444. The number of carbonyl (C=O) groups is 1. The minimum absolute atomic E-state index is 0.117. The molecule has 0 aliphatic heterocycles. The largest absolute Gasteiger partial charge is 0.488 e. The van der Waals surface area contributed by atoms with Gasteiger partial charge in [-0.15, -0.1) is 0 Å². The van der Waals surface area contributed by atoms with Gasteiger partial charge in [0.15, 0.2) is 0 Å². The number of nitrogens with zero attached hydrogens (tertiary/aromatic N) is 2. The molecule has 0 fully saturated rings. The maximum absolute atomic E-state index is 12.0. The highest BCUT2D eigenvalue weighted by Crippen LogP contribution is 2.28. The van der Waals surface area contributed by atoms with Gasteiger partial charge in [-0.2, -0.15) is 5.10 Å². The number of ether oxygens (including phenoxy) is 1. The average Bonchev–Trinajstić information content (AvgIpc) is 2.70. The molecule has 0 aliphatic carbocycles. The Bertz CT molecular complexity index is 1080. The first-order valence-electron chi connectivity index (χ1n) is 8.24. The molecule has 2 aromatic carbocycles. The lowest BCUT2D eigenvalue weighted by Gasteiger charge is -2.09. The molecular formula is C20H13BrCl3N3O2. The molecule has 0 saturated heterocycles. The van der Waals surface area contributed by atoms with E-state index in [0.29, 0.717) is 22.4 Å². The predicted molar refractivity (Wildman–Crippen MR) is 119 cm³/mol. The number of benzene rings is 2. The molecule has 1 N–H and O–H groups in total. The Balaban J connectivity index is 1.60. The highest BCUT2D eigenvalue weighted by molar-refractivity contribution is 9.10. The van der Waals surface area contributed by atoms with Crippen LogP contribution >= 0.6 is 50.7 Å². The Hall–Kier alpha value is -2.12. The van der Waals surface area contributed by atoms with Gasteiger partial charge in [-0.25, -0.2) is 10.4 Å². The average molecular weight is 514 g/mol. The summed E-state index contributed by atoms with van der Waals surface area (Å²) in [6.07, 6.45) is 3.01. The standard InChI is InChI=1S/C20H13BrCl3N3O2/c21-15-8-12(10-26-27-20(28)14-2-1-7-25-19(14)24)4-6-18(15)29-11-13-3-5-16(22)17(23)9-13/h1-10H,11H2,(H,27,28). The molecular weight excluding hydrogens is 501 g/mol. The van der Waals surface area contributed by atoms with Crippen molar-refractivity contribution in [3.63, 3.8) is 0 Å². The van der Waals surface area contributed by atoms with Gasteiger partial charge in [0.05, 0.1) is 26.3 Å². The quantitative estimate of drug-likeness (QED) is 0.244. The van der Waals surface area contributed by atoms with E-state index >= 15 is 0 Å². The van der Waals surface area contributed by atoms with Crippen molar-refractivity contribution >= 4 is 62.9 Å². The number of rotatable bonds is 6. The fraction of sp³-hybridized carbons (Fsp3) is 0.0500. The lowest BCUT2D eigenvalue weighted by Crippen LogP contribution is -2.18. The molecule has 1 amide bonds. The third-order valence-electron chi connectivity index (χ3n) is 3.72. The summed E-state index contributed by atoms with van der Waals surface area (Å²) in [5, 5.41) is 5.04. The molecule has 0 bridgehead atoms. The first-order chi connectivity index (χ1) is 13.9. The number of hydrogen-bond donors (Lipinski definition) is 1. The van der Waals surface area contributed by atoms with Crippen LogP contribution in [0.1, 0.15) is 21.5 Å². The first kappa shape index (κ1) is 21.6. The zero-order valence-corrected chi connectivity index (χ0v) is 18.6. The number of aromatic nitrogens is 1. The molecule has 0 radical (unpaired) electrons. The van der Waals surface area contributed by atoms with E-state index in [4.69, 9.17) is 39.5 Å². The summed E-state index contributed by atoms with van der Waals surface area (Å²) in [5.74, 6) is 0.208. The van der Waals surface area contributed by atoms with Gasteiger partial charge in [0.2, 0.25) is 0 Å². The van der Waals surface area contributed by atoms with Crippen LogP contribution in [0.3, 0.4) is 0 Å². The van der Waals surface area contributed by atoms with Gasteiger partial charge in [-0.1, -0.05) is 40.9 Å². The highest BCUT2D eigenvalue weighted by Gasteiger charge is 2.09. The Labute approximate surface area is 190 Å². The molecule has 5 nitrogen and oxygen atoms in total. The Kier molecular flexibility index (Phi) is 7.50. The number of pyridine rings is 1. The van der Waals surface area contributed by atoms with Crippen molar-refractivity contribution in [2.24, 2.45) is 5.10 Å². The number of amides is 1. The maximum atomic E-state index is 12.0. The van der Waals surface area contributed by atoms with Crippen LogP contribution in [-0.2, 0) is 6.61 Å². The summed E-state index contributed by atoms with van der Waals surface area (Å²) in [6.45, 7) is 0.338. The number of nitrogens with one attached hydrogen (secondary N) is 1. The first-order valence-corrected chi connectivity index (χ1v) is 10.2. The number of halogens is 4. The van der Waals surface area contributed by atoms with E-state index in [-0.39, 0.29) is 10.7 Å². The second-order valence-electron chi connectivity index (χ2n) is 5.77. The molecule has 29 heavy (non-hydrogen) atoms. The minimum Gasteiger partial charge on any atom is -0.488 e. The lowest BCUT2D eigenvalue weighted by atomic mass is 10.2. The van der Waals surface area contributed by atoms with Crippen molar-refractivity contribution in [3.8, 4) is 5.75 Å². The van der Waals surface area contributed by atoms with Crippen molar-refractivity contribution in [2.75, 3.05) is 0 Å². The normalized spacial score (nSPS) is 10.9. The summed E-state index contributed by atoms with van der Waals surface area (Å²) < 4.78 is 6.54. The van der Waals surface area contributed by atoms with Crippen molar-refractivity contribution < 1.29 is 9.53 Å². The van der Waals surface area contributed by atoms with Gasteiger partial charge in [0.25, 0.3) is 5.91 Å². The van der Waals surface area contributed by atoms with Crippen molar-refractivity contribution in [1.29, 1.82) is 0 Å². The smallest absolute Gasteiger partial charge is 0.274 e. The lowest BCUT2D eigenvalue weighted by molar-refractivity contribution is 0.0955. The van der Waals surface area contributed by atoms with Crippen molar-refractivity contribution in [1.82, 2.24) is 10.4 Å². The molecule has 148 valence electrons. The second-order valence-corrected chi connectivity index (χ2v) is 7.79. The monoisotopic (exact) mass is 511 g/mol. The highest BCUT2D eigenvalue weighted by atomic mass is 79.9. The fourth-order valence-electron chi connectivity index (χ4n) is 2.29. The second kappa shape index (κ2) is 10.1. The summed E-state index contributed by atoms with van der Waals surface area (Å²) >= 11 is 21.3. The summed E-state index contributed by atoms with van der Waals surface area (Å²) in [5.41, 5.74) is 4.32. The molecule has 0 unspecified atom stereocenters. The molecule has 0 spiro atoms. The van der Waals surface area contributed by atoms with E-state index in [9.17, 15) is 4.79 Å². The van der Waals surface area contributed by atoms with Crippen LogP contribution in [0.25, 0.3) is 0 Å². The molecule has 3 rings (SSSR count). The zero-order valence-electron chi connectivity index (χ0n) is 14.7. The third-order valence-corrected chi connectivity index (χ3v) is 5.38. The topological polar surface area (TPSA) is 63.6 Å².